The first-order valence-corrected chi connectivity index (χ1v) is 13.7. The summed E-state index contributed by atoms with van der Waals surface area (Å²) in [6, 6.07) is 6.70. The molecule has 1 aromatic rings. The molecule has 2 fully saturated rings. The van der Waals surface area contributed by atoms with Gasteiger partial charge in [-0.3, -0.25) is 4.79 Å². The topological polar surface area (TPSA) is 83.5 Å². The van der Waals surface area contributed by atoms with Crippen LogP contribution in [0.3, 0.4) is 0 Å². The van der Waals surface area contributed by atoms with Crippen molar-refractivity contribution >= 4 is 31.9 Å². The Morgan fingerprint density at radius 3 is 2.61 bits per heavy atom. The molecule has 31 heavy (non-hydrogen) atoms. The number of allylic oxidation sites excluding steroid dienone is 2. The highest BCUT2D eigenvalue weighted by atomic mass is 79.9. The molecule has 3 rings (SSSR count). The van der Waals surface area contributed by atoms with Crippen molar-refractivity contribution in [3.8, 4) is 0 Å². The molecular formula is C24H34BrNO4S. The molecular weight excluding hydrogens is 478 g/mol. The summed E-state index contributed by atoms with van der Waals surface area (Å²) in [6.45, 7) is 2.54. The second-order valence-electron chi connectivity index (χ2n) is 9.06. The Morgan fingerprint density at radius 1 is 1.23 bits per heavy atom. The van der Waals surface area contributed by atoms with Crippen molar-refractivity contribution < 1.29 is 18.3 Å². The maximum atomic E-state index is 12.7. The number of carboxylic acid groups (broad SMARTS) is 1. The van der Waals surface area contributed by atoms with Crippen molar-refractivity contribution in [1.82, 2.24) is 4.72 Å². The molecule has 1 aromatic carbocycles. The summed E-state index contributed by atoms with van der Waals surface area (Å²) in [5.74, 6) is 0.934. The fraction of sp³-hybridized carbons (Fsp3) is 0.625. The Labute approximate surface area is 194 Å². The molecule has 5 unspecified atom stereocenters. The predicted molar refractivity (Wildman–Crippen MR) is 126 cm³/mol. The van der Waals surface area contributed by atoms with Gasteiger partial charge in [-0.25, -0.2) is 13.1 Å². The Kier molecular flexibility index (Phi) is 8.76. The number of carboxylic acids is 1. The lowest BCUT2D eigenvalue weighted by atomic mass is 9.79. The maximum Gasteiger partial charge on any atom is 0.306 e. The Balaban J connectivity index is 1.57. The van der Waals surface area contributed by atoms with Gasteiger partial charge in [-0.1, -0.05) is 47.8 Å². The quantitative estimate of drug-likeness (QED) is 0.356. The summed E-state index contributed by atoms with van der Waals surface area (Å²) in [4.78, 5) is 11.7. The standard InChI is InChI=1S/C24H34BrNO4S/c1-2-3-6-17(24(27)28)7-4-5-8-22-18-9-10-19(15-18)23(22)16-26-31(29,30)21-13-11-20(25)12-14-21/h5,8,11-14,17-19,22-23,26H,2-4,6-7,9-10,15-16H2,1H3,(H,27,28)/b8-5-. The molecule has 2 N–H and O–H groups in total. The molecule has 172 valence electrons. The average molecular weight is 513 g/mol. The number of nitrogens with one attached hydrogen (secondary N) is 1. The minimum atomic E-state index is -3.52. The number of hydrogen-bond donors (Lipinski definition) is 2. The van der Waals surface area contributed by atoms with Crippen LogP contribution in [0.2, 0.25) is 0 Å². The highest BCUT2D eigenvalue weighted by molar-refractivity contribution is 9.10. The van der Waals surface area contributed by atoms with Gasteiger partial charge in [0.1, 0.15) is 0 Å². The molecule has 2 aliphatic carbocycles. The first-order valence-electron chi connectivity index (χ1n) is 11.5. The van der Waals surface area contributed by atoms with Gasteiger partial charge in [0.05, 0.1) is 10.8 Å². The van der Waals surface area contributed by atoms with Gasteiger partial charge in [-0.15, -0.1) is 0 Å². The molecule has 0 saturated heterocycles. The zero-order valence-electron chi connectivity index (χ0n) is 18.2. The summed E-state index contributed by atoms with van der Waals surface area (Å²) >= 11 is 3.34. The van der Waals surface area contributed by atoms with Crippen molar-refractivity contribution in [2.24, 2.45) is 29.6 Å². The molecule has 0 amide bonds. The van der Waals surface area contributed by atoms with E-state index < -0.39 is 16.0 Å². The number of carbonyl (C=O) groups is 1. The molecule has 2 aliphatic rings. The van der Waals surface area contributed by atoms with E-state index >= 15 is 0 Å². The number of hydrogen-bond acceptors (Lipinski definition) is 3. The van der Waals surface area contributed by atoms with Gasteiger partial charge in [0.2, 0.25) is 10.0 Å². The van der Waals surface area contributed by atoms with Crippen LogP contribution in [0.1, 0.15) is 58.3 Å². The van der Waals surface area contributed by atoms with Gasteiger partial charge in [0.15, 0.2) is 0 Å². The summed E-state index contributed by atoms with van der Waals surface area (Å²) < 4.78 is 29.1. The van der Waals surface area contributed by atoms with Gasteiger partial charge >= 0.3 is 5.97 Å². The second-order valence-corrected chi connectivity index (χ2v) is 11.7. The van der Waals surface area contributed by atoms with E-state index in [-0.39, 0.29) is 10.8 Å². The van der Waals surface area contributed by atoms with E-state index in [1.54, 1.807) is 24.3 Å². The monoisotopic (exact) mass is 511 g/mol. The van der Waals surface area contributed by atoms with Gasteiger partial charge in [-0.05, 0) is 86.5 Å². The SMILES string of the molecule is CCCCC(CC/C=C\C1C2CCC(C2)C1CNS(=O)(=O)c1ccc(Br)cc1)C(=O)O. The van der Waals surface area contributed by atoms with Crippen LogP contribution >= 0.6 is 15.9 Å². The highest BCUT2D eigenvalue weighted by Gasteiger charge is 2.46. The summed E-state index contributed by atoms with van der Waals surface area (Å²) in [5, 5.41) is 9.40. The third-order valence-electron chi connectivity index (χ3n) is 7.09. The third-order valence-corrected chi connectivity index (χ3v) is 9.05. The first-order chi connectivity index (χ1) is 14.8. The zero-order valence-corrected chi connectivity index (χ0v) is 20.6. The Bertz CT molecular complexity index is 868. The normalized spacial score (nSPS) is 26.5. The van der Waals surface area contributed by atoms with E-state index in [1.807, 2.05) is 0 Å². The molecule has 0 spiro atoms. The summed E-state index contributed by atoms with van der Waals surface area (Å²) in [6.07, 6.45) is 12.1. The van der Waals surface area contributed by atoms with Crippen LogP contribution in [0, 0.1) is 29.6 Å². The van der Waals surface area contributed by atoms with E-state index in [4.69, 9.17) is 0 Å². The van der Waals surface area contributed by atoms with Gasteiger partial charge < -0.3 is 5.11 Å². The number of halogens is 1. The fourth-order valence-corrected chi connectivity index (χ4v) is 6.69. The second kappa shape index (κ2) is 11.1. The number of benzene rings is 1. The lowest BCUT2D eigenvalue weighted by molar-refractivity contribution is -0.142. The van der Waals surface area contributed by atoms with Gasteiger partial charge in [-0.2, -0.15) is 0 Å². The van der Waals surface area contributed by atoms with Crippen molar-refractivity contribution in [3.63, 3.8) is 0 Å². The molecule has 0 radical (unpaired) electrons. The highest BCUT2D eigenvalue weighted by Crippen LogP contribution is 2.52. The average Bonchev–Trinajstić information content (AvgIpc) is 3.33. The van der Waals surface area contributed by atoms with Gasteiger partial charge in [0.25, 0.3) is 0 Å². The van der Waals surface area contributed by atoms with Crippen LogP contribution in [-0.2, 0) is 14.8 Å². The number of aliphatic carboxylic acids is 1. The lowest BCUT2D eigenvalue weighted by Crippen LogP contribution is -2.35. The number of rotatable bonds is 12. The van der Waals surface area contributed by atoms with Crippen LogP contribution in [0.15, 0.2) is 45.8 Å². The zero-order chi connectivity index (χ0) is 22.4. The summed E-state index contributed by atoms with van der Waals surface area (Å²) in [5.41, 5.74) is 0. The molecule has 0 aromatic heterocycles. The molecule has 7 heteroatoms. The van der Waals surface area contributed by atoms with E-state index in [0.717, 1.165) is 30.2 Å². The minimum absolute atomic E-state index is 0.266. The maximum absolute atomic E-state index is 12.7. The van der Waals surface area contributed by atoms with Crippen LogP contribution in [0.4, 0.5) is 0 Å². The predicted octanol–water partition coefficient (Wildman–Crippen LogP) is 5.62. The number of sulfonamides is 1. The molecule has 2 bridgehead atoms. The fourth-order valence-electron chi connectivity index (χ4n) is 5.35. The van der Waals surface area contributed by atoms with Crippen molar-refractivity contribution in [2.75, 3.05) is 6.54 Å². The Morgan fingerprint density at radius 2 is 1.94 bits per heavy atom. The lowest BCUT2D eigenvalue weighted by Gasteiger charge is -2.29. The van der Waals surface area contributed by atoms with Crippen LogP contribution in [0.5, 0.6) is 0 Å². The molecule has 5 nitrogen and oxygen atoms in total. The van der Waals surface area contributed by atoms with E-state index in [0.29, 0.717) is 36.6 Å². The van der Waals surface area contributed by atoms with Crippen LogP contribution < -0.4 is 4.72 Å². The molecule has 2 saturated carbocycles. The first kappa shape index (κ1) is 24.5. The van der Waals surface area contributed by atoms with Crippen LogP contribution in [-0.4, -0.2) is 26.0 Å². The number of unbranched alkanes of at least 4 members (excludes halogenated alkanes) is 1. The van der Waals surface area contributed by atoms with Gasteiger partial charge in [0, 0.05) is 11.0 Å². The number of fused-ring (bicyclic) bond motifs is 2. The summed E-state index contributed by atoms with van der Waals surface area (Å²) in [7, 11) is -3.52. The van der Waals surface area contributed by atoms with E-state index in [2.05, 4.69) is 39.7 Å². The molecule has 0 heterocycles. The Hall–Kier alpha value is -1.18. The van der Waals surface area contributed by atoms with E-state index in [9.17, 15) is 18.3 Å². The van der Waals surface area contributed by atoms with Crippen molar-refractivity contribution in [1.29, 1.82) is 0 Å². The third kappa shape index (κ3) is 6.42. The smallest absolute Gasteiger partial charge is 0.306 e. The van der Waals surface area contributed by atoms with Crippen LogP contribution in [0.25, 0.3) is 0 Å². The molecule has 5 atom stereocenters. The van der Waals surface area contributed by atoms with Crippen molar-refractivity contribution in [2.45, 2.75) is 63.2 Å². The van der Waals surface area contributed by atoms with E-state index in [1.165, 1.54) is 19.3 Å². The largest absolute Gasteiger partial charge is 0.481 e. The molecule has 0 aliphatic heterocycles. The van der Waals surface area contributed by atoms with Crippen molar-refractivity contribution in [3.05, 3.63) is 40.9 Å². The minimum Gasteiger partial charge on any atom is -0.481 e.